The fourth-order valence-electron chi connectivity index (χ4n) is 6.21. The van der Waals surface area contributed by atoms with Crippen molar-refractivity contribution >= 4 is 46.7 Å². The molecule has 12 heteroatoms. The van der Waals surface area contributed by atoms with Gasteiger partial charge in [-0.2, -0.15) is 0 Å². The van der Waals surface area contributed by atoms with Crippen LogP contribution in [0.3, 0.4) is 0 Å². The number of rotatable bonds is 14. The Kier molecular flexibility index (Phi) is 14.7. The Morgan fingerprint density at radius 2 is 0.922 bits per heavy atom. The first-order valence-electron chi connectivity index (χ1n) is 21.6. The summed E-state index contributed by atoms with van der Waals surface area (Å²) in [6.45, 7) is 22.0. The average molecular weight is 901 g/mol. The minimum Gasteiger partial charge on any atom is -0.543 e. The number of esters is 3. The van der Waals surface area contributed by atoms with E-state index in [1.165, 1.54) is 0 Å². The van der Waals surface area contributed by atoms with Crippen molar-refractivity contribution in [3.8, 4) is 17.2 Å². The van der Waals surface area contributed by atoms with E-state index < -0.39 is 59.1 Å². The third kappa shape index (κ3) is 12.2. The molecular weight excluding hydrogens is 841 g/mol. The molecule has 6 rings (SSSR count). The molecule has 1 saturated heterocycles. The largest absolute Gasteiger partial charge is 0.543 e. The zero-order valence-corrected chi connectivity index (χ0v) is 40.5. The Balaban J connectivity index is 1.27. The van der Waals surface area contributed by atoms with Crippen molar-refractivity contribution in [2.75, 3.05) is 6.61 Å². The van der Waals surface area contributed by atoms with Crippen LogP contribution < -0.4 is 13.6 Å². The van der Waals surface area contributed by atoms with Gasteiger partial charge in [-0.05, 0) is 108 Å². The summed E-state index contributed by atoms with van der Waals surface area (Å²) in [6, 6.07) is 38.6. The zero-order valence-electron chi connectivity index (χ0n) is 38.5. The van der Waals surface area contributed by atoms with Gasteiger partial charge in [-0.1, -0.05) is 120 Å². The van der Waals surface area contributed by atoms with Crippen molar-refractivity contribution in [3.63, 3.8) is 0 Å². The molecule has 5 aromatic carbocycles. The van der Waals surface area contributed by atoms with Gasteiger partial charge in [0.15, 0.2) is 12.2 Å². The van der Waals surface area contributed by atoms with E-state index >= 15 is 0 Å². The molecule has 4 atom stereocenters. The zero-order chi connectivity index (χ0) is 46.3. The summed E-state index contributed by atoms with van der Waals surface area (Å²) < 4.78 is 44.1. The molecule has 336 valence electrons. The van der Waals surface area contributed by atoms with Gasteiger partial charge < -0.3 is 32.5 Å². The number of carbonyl (C=O) groups excluding carboxylic acids is 3. The molecule has 1 aliphatic heterocycles. The Morgan fingerprint density at radius 3 is 1.36 bits per heavy atom. The molecule has 1 unspecified atom stereocenters. The standard InChI is InChI=1S/C52H60O10Si2/c1-51(2,3)63(7,8)61-42-32-37(33-43(34-42)62-64(9,10)52(4,5)6)27-26-36-28-30-41(31-29-36)57-50-46(60-49(55)40-24-18-13-19-25-40)45(59-48(54)39-22-16-12-17-23-39)44(35-56-50)58-47(53)38-20-14-11-15-21-38/h11-34,44-46,50H,35H2,1-10H3/b27-26+/t44-,45+,46-,50?/m1/s1. The second-order valence-electron chi connectivity index (χ2n) is 19.0. The Morgan fingerprint density at radius 1 is 0.516 bits per heavy atom. The van der Waals surface area contributed by atoms with Crippen molar-refractivity contribution in [3.05, 3.63) is 161 Å². The predicted molar refractivity (Wildman–Crippen MR) is 255 cm³/mol. The fourth-order valence-corrected chi connectivity index (χ4v) is 8.24. The topological polar surface area (TPSA) is 116 Å². The summed E-state index contributed by atoms with van der Waals surface area (Å²) >= 11 is 0. The summed E-state index contributed by atoms with van der Waals surface area (Å²) in [5.74, 6) is -0.127. The number of hydrogen-bond donors (Lipinski definition) is 0. The van der Waals surface area contributed by atoms with Crippen molar-refractivity contribution in [1.29, 1.82) is 0 Å². The van der Waals surface area contributed by atoms with E-state index in [-0.39, 0.29) is 33.4 Å². The Labute approximate surface area is 379 Å². The van der Waals surface area contributed by atoms with Crippen LogP contribution in [0.15, 0.2) is 133 Å². The first-order valence-corrected chi connectivity index (χ1v) is 27.4. The number of ether oxygens (including phenoxy) is 5. The van der Waals surface area contributed by atoms with E-state index in [0.717, 1.165) is 22.6 Å². The fraction of sp³-hybridized carbons (Fsp3) is 0.327. The van der Waals surface area contributed by atoms with Crippen molar-refractivity contribution in [1.82, 2.24) is 0 Å². The summed E-state index contributed by atoms with van der Waals surface area (Å²) in [4.78, 5) is 40.6. The van der Waals surface area contributed by atoms with Gasteiger partial charge >= 0.3 is 17.9 Å². The maximum atomic E-state index is 13.7. The minimum absolute atomic E-state index is 0.0137. The molecule has 0 N–H and O–H groups in total. The smallest absolute Gasteiger partial charge is 0.338 e. The lowest BCUT2D eigenvalue weighted by Crippen LogP contribution is -2.59. The monoisotopic (exact) mass is 900 g/mol. The second kappa shape index (κ2) is 19.8. The first kappa shape index (κ1) is 47.5. The van der Waals surface area contributed by atoms with Crippen LogP contribution in [-0.4, -0.2) is 65.8 Å². The van der Waals surface area contributed by atoms with Crippen LogP contribution in [0, 0.1) is 0 Å². The van der Waals surface area contributed by atoms with E-state index in [9.17, 15) is 14.4 Å². The molecule has 10 nitrogen and oxygen atoms in total. The number of carbonyl (C=O) groups is 3. The highest BCUT2D eigenvalue weighted by Gasteiger charge is 2.49. The second-order valence-corrected chi connectivity index (χ2v) is 28.4. The van der Waals surface area contributed by atoms with Gasteiger partial charge in [-0.15, -0.1) is 0 Å². The molecule has 0 saturated carbocycles. The summed E-state index contributed by atoms with van der Waals surface area (Å²) in [5.41, 5.74) is 2.61. The molecule has 1 fully saturated rings. The Hall–Kier alpha value is -5.96. The molecule has 5 aromatic rings. The highest BCUT2D eigenvalue weighted by atomic mass is 28.4. The molecule has 0 amide bonds. The van der Waals surface area contributed by atoms with Crippen LogP contribution in [0.2, 0.25) is 36.3 Å². The van der Waals surface area contributed by atoms with E-state index in [2.05, 4.69) is 79.9 Å². The lowest BCUT2D eigenvalue weighted by molar-refractivity contribution is -0.241. The van der Waals surface area contributed by atoms with E-state index in [4.69, 9.17) is 32.5 Å². The van der Waals surface area contributed by atoms with Crippen LogP contribution in [0.5, 0.6) is 17.2 Å². The highest BCUT2D eigenvalue weighted by molar-refractivity contribution is 6.75. The summed E-state index contributed by atoms with van der Waals surface area (Å²) in [6.07, 6.45) is -1.10. The number of benzene rings is 5. The van der Waals surface area contributed by atoms with Gasteiger partial charge in [0.05, 0.1) is 23.3 Å². The lowest BCUT2D eigenvalue weighted by Gasteiger charge is -2.40. The third-order valence-corrected chi connectivity index (χ3v) is 20.7. The molecule has 64 heavy (non-hydrogen) atoms. The lowest BCUT2D eigenvalue weighted by atomic mass is 10.0. The SMILES string of the molecule is CC(C)(C)[Si](C)(C)Oc1cc(/C=C/c2ccc(OC3OC[C@@H](OC(=O)c4ccccc4)[C@H](OC(=O)c4ccccc4)[C@H]3OC(=O)c3ccccc3)cc2)cc(O[Si](C)(C)C(C)(C)C)c1. The molecule has 1 heterocycles. The molecule has 0 bridgehead atoms. The maximum Gasteiger partial charge on any atom is 0.338 e. The first-order chi connectivity index (χ1) is 30.2. The average Bonchev–Trinajstić information content (AvgIpc) is 3.25. The molecular formula is C52H60O10Si2. The third-order valence-electron chi connectivity index (χ3n) is 12.0. The molecule has 0 aromatic heterocycles. The van der Waals surface area contributed by atoms with Crippen molar-refractivity contribution in [2.24, 2.45) is 0 Å². The van der Waals surface area contributed by atoms with Crippen LogP contribution in [0.1, 0.15) is 83.7 Å². The highest BCUT2D eigenvalue weighted by Crippen LogP contribution is 2.41. The van der Waals surface area contributed by atoms with Crippen LogP contribution in [-0.2, 0) is 18.9 Å². The molecule has 0 spiro atoms. The normalized spacial score (nSPS) is 18.2. The van der Waals surface area contributed by atoms with Crippen LogP contribution in [0.25, 0.3) is 12.2 Å². The molecule has 0 aliphatic carbocycles. The van der Waals surface area contributed by atoms with Gasteiger partial charge in [-0.25, -0.2) is 14.4 Å². The van der Waals surface area contributed by atoms with Gasteiger partial charge in [0.1, 0.15) is 17.2 Å². The summed E-state index contributed by atoms with van der Waals surface area (Å²) in [5, 5.41) is 0.0273. The van der Waals surface area contributed by atoms with Gasteiger partial charge in [-0.3, -0.25) is 0 Å². The van der Waals surface area contributed by atoms with Crippen molar-refractivity contribution < 1.29 is 46.9 Å². The predicted octanol–water partition coefficient (Wildman–Crippen LogP) is 12.0. The quantitative estimate of drug-likeness (QED) is 0.0461. The maximum absolute atomic E-state index is 13.7. The summed E-state index contributed by atoms with van der Waals surface area (Å²) in [7, 11) is -4.30. The van der Waals surface area contributed by atoms with Crippen molar-refractivity contribution in [2.45, 2.75) is 102 Å². The molecule has 1 aliphatic rings. The number of hydrogen-bond acceptors (Lipinski definition) is 10. The van der Waals surface area contributed by atoms with E-state index in [1.54, 1.807) is 103 Å². The molecule has 0 radical (unpaired) electrons. The van der Waals surface area contributed by atoms with Crippen LogP contribution in [0.4, 0.5) is 0 Å². The van der Waals surface area contributed by atoms with Gasteiger partial charge in [0.2, 0.25) is 29.0 Å². The van der Waals surface area contributed by atoms with Crippen LogP contribution >= 0.6 is 0 Å². The van der Waals surface area contributed by atoms with E-state index in [1.807, 2.05) is 30.4 Å². The van der Waals surface area contributed by atoms with Gasteiger partial charge in [0.25, 0.3) is 0 Å². The van der Waals surface area contributed by atoms with E-state index in [0.29, 0.717) is 5.75 Å². The Bertz CT molecular complexity index is 2340. The van der Waals surface area contributed by atoms with Gasteiger partial charge in [0, 0.05) is 6.07 Å². The minimum atomic E-state index is -2.15.